The van der Waals surface area contributed by atoms with Gasteiger partial charge in [-0.05, 0) is 50.0 Å². The van der Waals surface area contributed by atoms with E-state index in [2.05, 4.69) is 10.3 Å². The Morgan fingerprint density at radius 1 is 1.52 bits per heavy atom. The van der Waals surface area contributed by atoms with Gasteiger partial charge in [0.05, 0.1) is 6.04 Å². The van der Waals surface area contributed by atoms with Gasteiger partial charge in [-0.2, -0.15) is 0 Å². The molecular formula is C16H21N3O2. The highest BCUT2D eigenvalue weighted by Gasteiger charge is 2.22. The number of alkyl carbamates (subject to hydrolysis) is 1. The number of likely N-dealkylation sites (N-methyl/N-ethyl adjacent to an activating group) is 1. The van der Waals surface area contributed by atoms with E-state index in [0.29, 0.717) is 5.52 Å². The second-order valence-electron chi connectivity index (χ2n) is 4.67. The van der Waals surface area contributed by atoms with Crippen molar-refractivity contribution in [1.29, 1.82) is 0 Å². The minimum Gasteiger partial charge on any atom is -0.447 e. The molecule has 1 aliphatic heterocycles. The number of nitrogens with one attached hydrogen (secondary N) is 2. The molecule has 1 aromatic carbocycles. The third kappa shape index (κ3) is 3.19. The number of hydrogen-bond acceptors (Lipinski definition) is 3. The maximum absolute atomic E-state index is 11.3. The molecule has 3 rings (SSSR count). The fourth-order valence-corrected chi connectivity index (χ4v) is 2.18. The van der Waals surface area contributed by atoms with Crippen LogP contribution in [0.15, 0.2) is 24.4 Å². The molecule has 21 heavy (non-hydrogen) atoms. The third-order valence-electron chi connectivity index (χ3n) is 3.12. The van der Waals surface area contributed by atoms with Crippen LogP contribution in [0.1, 0.15) is 24.8 Å². The van der Waals surface area contributed by atoms with E-state index >= 15 is 0 Å². The molecule has 1 fully saturated rings. The maximum atomic E-state index is 11.3. The number of aromatic nitrogens is 1. The van der Waals surface area contributed by atoms with Crippen LogP contribution in [0.25, 0.3) is 10.9 Å². The first-order chi connectivity index (χ1) is 14.0. The lowest BCUT2D eigenvalue weighted by Gasteiger charge is -2.09. The van der Waals surface area contributed by atoms with Gasteiger partial charge in [-0.1, -0.05) is 6.07 Å². The van der Waals surface area contributed by atoms with Crippen molar-refractivity contribution in [2.75, 3.05) is 27.1 Å². The van der Waals surface area contributed by atoms with E-state index in [9.17, 15) is 4.79 Å². The minimum absolute atomic E-state index is 0.00893. The largest absolute Gasteiger partial charge is 0.447 e. The average Bonchev–Trinajstić information content (AvgIpc) is 3.24. The molecule has 112 valence electrons. The molecule has 2 aromatic rings. The predicted molar refractivity (Wildman–Crippen MR) is 82.5 cm³/mol. The molecule has 0 aliphatic carbocycles. The van der Waals surface area contributed by atoms with Gasteiger partial charge in [0.25, 0.3) is 0 Å². The molecule has 1 atom stereocenters. The minimum atomic E-state index is -3.05. The van der Waals surface area contributed by atoms with Crippen LogP contribution in [-0.2, 0) is 17.5 Å². The molecular weight excluding hydrogens is 266 g/mol. The first kappa shape index (κ1) is 6.40. The Morgan fingerprint density at radius 2 is 2.43 bits per heavy atom. The lowest BCUT2D eigenvalue weighted by Crippen LogP contribution is -2.28. The van der Waals surface area contributed by atoms with Gasteiger partial charge in [0.1, 0.15) is 6.61 Å². The molecule has 1 aliphatic rings. The summed E-state index contributed by atoms with van der Waals surface area (Å²) in [7, 11) is 0. The van der Waals surface area contributed by atoms with Crippen molar-refractivity contribution < 1.29 is 23.2 Å². The summed E-state index contributed by atoms with van der Waals surface area (Å²) in [6.45, 7) is -7.20. The molecule has 1 aromatic heterocycles. The molecule has 2 N–H and O–H groups in total. The van der Waals surface area contributed by atoms with Crippen LogP contribution in [0.5, 0.6) is 0 Å². The molecule has 5 heteroatoms. The highest BCUT2D eigenvalue weighted by molar-refractivity contribution is 5.84. The zero-order valence-electron chi connectivity index (χ0n) is 21.1. The van der Waals surface area contributed by atoms with E-state index < -0.39 is 45.4 Å². The van der Waals surface area contributed by atoms with Gasteiger partial charge in [-0.3, -0.25) is 0 Å². The smallest absolute Gasteiger partial charge is 0.407 e. The second kappa shape index (κ2) is 5.77. The van der Waals surface area contributed by atoms with Gasteiger partial charge < -0.3 is 19.9 Å². The molecule has 0 spiro atoms. The van der Waals surface area contributed by atoms with E-state index in [-0.39, 0.29) is 28.0 Å². The number of ether oxygens (including phenoxy) is 1. The van der Waals surface area contributed by atoms with Gasteiger partial charge in [0.15, 0.2) is 0 Å². The Hall–Kier alpha value is -2.01. The highest BCUT2D eigenvalue weighted by Crippen LogP contribution is 2.21. The quantitative estimate of drug-likeness (QED) is 0.886. The van der Waals surface area contributed by atoms with Crippen molar-refractivity contribution in [3.05, 3.63) is 35.5 Å². The summed E-state index contributed by atoms with van der Waals surface area (Å²) in [6.07, 6.45) is -3.85. The molecule has 0 bridgehead atoms. The van der Waals surface area contributed by atoms with Crippen molar-refractivity contribution in [3.8, 4) is 0 Å². The molecule has 0 unspecified atom stereocenters. The summed E-state index contributed by atoms with van der Waals surface area (Å²) in [5, 5.41) is 2.66. The van der Waals surface area contributed by atoms with Crippen LogP contribution in [0, 0.1) is 0 Å². The average molecular weight is 297 g/mol. The van der Waals surface area contributed by atoms with Crippen molar-refractivity contribution in [1.82, 2.24) is 15.2 Å². The van der Waals surface area contributed by atoms with Gasteiger partial charge >= 0.3 is 6.09 Å². The molecule has 1 saturated heterocycles. The van der Waals surface area contributed by atoms with E-state index in [1.807, 2.05) is 0 Å². The van der Waals surface area contributed by atoms with E-state index in [1.165, 1.54) is 24.4 Å². The highest BCUT2D eigenvalue weighted by atomic mass is 16.6. The van der Waals surface area contributed by atoms with Gasteiger partial charge in [-0.25, -0.2) is 4.79 Å². The molecule has 0 saturated carbocycles. The van der Waals surface area contributed by atoms with E-state index in [1.54, 1.807) is 0 Å². The summed E-state index contributed by atoms with van der Waals surface area (Å²) in [5.41, 5.74) is 0.598. The Kier molecular flexibility index (Phi) is 1.76. The molecule has 2 heterocycles. The Morgan fingerprint density at radius 3 is 3.19 bits per heavy atom. The number of benzene rings is 1. The van der Waals surface area contributed by atoms with Crippen LogP contribution in [0.4, 0.5) is 4.79 Å². The Balaban J connectivity index is 2.01. The number of carbonyl (C=O) groups excluding carboxylic acids is 1. The Labute approximate surface area is 138 Å². The standard InChI is InChI=1S/C16H21N3O2/c1-19(2)6-5-12-9-17-15-4-3-11(8-14(12)15)7-13-10-21-16(20)18-13/h3-4,8-9,13,17H,5-7,10H2,1-2H3,(H,18,20)/t13-/m0/s1/i1D3,2D3,5D2,7D2. The number of nitrogens with zero attached hydrogens (tertiary/aromatic N) is 1. The van der Waals surface area contributed by atoms with Gasteiger partial charge in [0, 0.05) is 37.4 Å². The normalized spacial score (nSPS) is 27.9. The number of H-pyrrole nitrogens is 1. The number of fused-ring (bicyclic) bond motifs is 1. The summed E-state index contributed by atoms with van der Waals surface area (Å²) < 4.78 is 83.2. The summed E-state index contributed by atoms with van der Waals surface area (Å²) in [4.78, 5) is 14.3. The number of cyclic esters (lactones) is 1. The second-order valence-corrected chi connectivity index (χ2v) is 4.67. The first-order valence-electron chi connectivity index (χ1n) is 11.4. The lowest BCUT2D eigenvalue weighted by atomic mass is 10.0. The molecule has 0 radical (unpaired) electrons. The topological polar surface area (TPSA) is 57.4 Å². The van der Waals surface area contributed by atoms with Gasteiger partial charge in [0.2, 0.25) is 0 Å². The first-order valence-corrected chi connectivity index (χ1v) is 6.36. The van der Waals surface area contributed by atoms with E-state index in [4.69, 9.17) is 18.4 Å². The fraction of sp³-hybridized carbons (Fsp3) is 0.438. The summed E-state index contributed by atoms with van der Waals surface area (Å²) >= 11 is 0. The lowest BCUT2D eigenvalue weighted by molar-refractivity contribution is 0.177. The zero-order chi connectivity index (χ0) is 23.4. The molecule has 5 nitrogen and oxygen atoms in total. The van der Waals surface area contributed by atoms with Crippen molar-refractivity contribution in [2.45, 2.75) is 18.8 Å². The van der Waals surface area contributed by atoms with Crippen LogP contribution >= 0.6 is 0 Å². The van der Waals surface area contributed by atoms with Crippen LogP contribution in [0.2, 0.25) is 0 Å². The predicted octanol–water partition coefficient (Wildman–Crippen LogP) is 1.92. The monoisotopic (exact) mass is 297 g/mol. The third-order valence-corrected chi connectivity index (χ3v) is 3.12. The number of hydrogen-bond donors (Lipinski definition) is 2. The maximum Gasteiger partial charge on any atom is 0.407 e. The number of rotatable bonds is 5. The van der Waals surface area contributed by atoms with Crippen LogP contribution < -0.4 is 5.32 Å². The summed E-state index contributed by atoms with van der Waals surface area (Å²) in [5.74, 6) is 0. The Bertz CT molecular complexity index is 968. The molecule has 1 amide bonds. The van der Waals surface area contributed by atoms with Crippen LogP contribution in [-0.4, -0.2) is 49.1 Å². The van der Waals surface area contributed by atoms with Crippen LogP contribution in [0.3, 0.4) is 0 Å². The fourth-order valence-electron chi connectivity index (χ4n) is 2.18. The number of aromatic amines is 1. The van der Waals surface area contributed by atoms with Crippen molar-refractivity contribution in [3.63, 3.8) is 0 Å². The van der Waals surface area contributed by atoms with Crippen molar-refractivity contribution in [2.24, 2.45) is 0 Å². The zero-order valence-corrected chi connectivity index (χ0v) is 11.1. The summed E-state index contributed by atoms with van der Waals surface area (Å²) in [6, 6.07) is 3.47. The van der Waals surface area contributed by atoms with Gasteiger partial charge in [-0.15, -0.1) is 0 Å². The SMILES string of the molecule is [2H]C([2H])(CN(C([2H])([2H])[2H])C([2H])([2H])[2H])c1c[nH]c2ccc(C([2H])([2H])[C@H]3COC(=O)N3)cc12. The number of carbonyl (C=O) groups is 1. The van der Waals surface area contributed by atoms with E-state index in [0.717, 1.165) is 0 Å². The number of amides is 1. The van der Waals surface area contributed by atoms with Crippen molar-refractivity contribution >= 4 is 17.0 Å².